The average Bonchev–Trinajstić information content (AvgIpc) is 2.32. The Balaban J connectivity index is 2.46. The molecule has 1 unspecified atom stereocenters. The molecule has 0 amide bonds. The Morgan fingerprint density at radius 2 is 1.80 bits per heavy atom. The van der Waals surface area contributed by atoms with Gasteiger partial charge in [-0.15, -0.1) is 0 Å². The van der Waals surface area contributed by atoms with Crippen molar-refractivity contribution in [2.24, 2.45) is 0 Å². The molecule has 0 aromatic heterocycles. The molecule has 1 aromatic carbocycles. The van der Waals surface area contributed by atoms with Crippen LogP contribution in [0.5, 0.6) is 5.75 Å². The minimum atomic E-state index is -3.19. The van der Waals surface area contributed by atoms with Gasteiger partial charge >= 0.3 is 0 Å². The third-order valence-corrected chi connectivity index (χ3v) is 3.69. The Labute approximate surface area is 120 Å². The summed E-state index contributed by atoms with van der Waals surface area (Å²) in [6.45, 7) is 6.64. The summed E-state index contributed by atoms with van der Waals surface area (Å²) in [4.78, 5) is 0.250. The molecule has 20 heavy (non-hydrogen) atoms. The van der Waals surface area contributed by atoms with E-state index in [2.05, 4.69) is 5.32 Å². The first-order valence-electron chi connectivity index (χ1n) is 6.44. The Morgan fingerprint density at radius 1 is 1.25 bits per heavy atom. The van der Waals surface area contributed by atoms with Crippen molar-refractivity contribution in [1.82, 2.24) is 5.32 Å². The summed E-state index contributed by atoms with van der Waals surface area (Å²) < 4.78 is 28.0. The lowest BCUT2D eigenvalue weighted by Crippen LogP contribution is -2.42. The van der Waals surface area contributed by atoms with E-state index in [1.807, 2.05) is 20.8 Å². The van der Waals surface area contributed by atoms with Gasteiger partial charge in [-0.2, -0.15) is 0 Å². The Bertz CT molecular complexity index is 517. The van der Waals surface area contributed by atoms with Crippen LogP contribution >= 0.6 is 0 Å². The van der Waals surface area contributed by atoms with E-state index in [4.69, 9.17) is 4.74 Å². The number of hydrogen-bond acceptors (Lipinski definition) is 5. The molecule has 1 rings (SSSR count). The van der Waals surface area contributed by atoms with Gasteiger partial charge in [-0.3, -0.25) is 0 Å². The fraction of sp³-hybridized carbons (Fsp3) is 0.571. The molecule has 5 nitrogen and oxygen atoms in total. The van der Waals surface area contributed by atoms with Crippen molar-refractivity contribution in [2.75, 3.05) is 19.4 Å². The quantitative estimate of drug-likeness (QED) is 0.826. The summed E-state index contributed by atoms with van der Waals surface area (Å²) in [5.74, 6) is 0.534. The molecule has 2 N–H and O–H groups in total. The zero-order chi connectivity index (χ0) is 15.4. The molecule has 0 saturated carbocycles. The van der Waals surface area contributed by atoms with Crippen LogP contribution in [-0.2, 0) is 9.84 Å². The lowest BCUT2D eigenvalue weighted by molar-refractivity contribution is 0.100. The van der Waals surface area contributed by atoms with Gasteiger partial charge < -0.3 is 15.2 Å². The molecule has 1 aromatic rings. The van der Waals surface area contributed by atoms with E-state index >= 15 is 0 Å². The number of aliphatic hydroxyl groups is 1. The standard InChI is InChI=1S/C14H23NO4S/c1-14(2,3)15-9-11(16)10-19-12-5-7-13(8-6-12)20(4,17)18/h5-8,11,15-16H,9-10H2,1-4H3. The largest absolute Gasteiger partial charge is 0.491 e. The van der Waals surface area contributed by atoms with Crippen LogP contribution in [0.15, 0.2) is 29.2 Å². The van der Waals surface area contributed by atoms with Crippen LogP contribution in [-0.4, -0.2) is 44.6 Å². The number of aliphatic hydroxyl groups excluding tert-OH is 1. The van der Waals surface area contributed by atoms with Gasteiger partial charge in [-0.25, -0.2) is 8.42 Å². The SMILES string of the molecule is CC(C)(C)NCC(O)COc1ccc(S(C)(=O)=O)cc1. The van der Waals surface area contributed by atoms with Gasteiger partial charge in [0.15, 0.2) is 9.84 Å². The third kappa shape index (κ3) is 6.36. The van der Waals surface area contributed by atoms with Crippen LogP contribution in [0.2, 0.25) is 0 Å². The van der Waals surface area contributed by atoms with E-state index in [1.54, 1.807) is 12.1 Å². The Hall–Kier alpha value is -1.11. The summed E-state index contributed by atoms with van der Waals surface area (Å²) in [7, 11) is -3.19. The molecule has 0 spiro atoms. The lowest BCUT2D eigenvalue weighted by atomic mass is 10.1. The van der Waals surface area contributed by atoms with Gasteiger partial charge in [0.1, 0.15) is 18.5 Å². The molecule has 0 aliphatic heterocycles. The molecular weight excluding hydrogens is 278 g/mol. The molecule has 0 fully saturated rings. The highest BCUT2D eigenvalue weighted by atomic mass is 32.2. The van der Waals surface area contributed by atoms with E-state index in [-0.39, 0.29) is 17.0 Å². The van der Waals surface area contributed by atoms with Gasteiger partial charge in [-0.1, -0.05) is 0 Å². The van der Waals surface area contributed by atoms with Crippen molar-refractivity contribution in [2.45, 2.75) is 37.3 Å². The maximum absolute atomic E-state index is 11.3. The Morgan fingerprint density at radius 3 is 2.25 bits per heavy atom. The smallest absolute Gasteiger partial charge is 0.175 e. The Kier molecular flexibility index (Phi) is 5.56. The first-order valence-corrected chi connectivity index (χ1v) is 8.33. The molecule has 0 heterocycles. The maximum atomic E-state index is 11.3. The fourth-order valence-corrected chi connectivity index (χ4v) is 2.09. The van der Waals surface area contributed by atoms with E-state index in [9.17, 15) is 13.5 Å². The zero-order valence-corrected chi connectivity index (χ0v) is 13.2. The first kappa shape index (κ1) is 16.9. The number of ether oxygens (including phenoxy) is 1. The predicted octanol–water partition coefficient (Wildman–Crippen LogP) is 1.22. The summed E-state index contributed by atoms with van der Waals surface area (Å²) >= 11 is 0. The number of hydrogen-bond donors (Lipinski definition) is 2. The molecule has 6 heteroatoms. The second kappa shape index (κ2) is 6.56. The minimum Gasteiger partial charge on any atom is -0.491 e. The second-order valence-electron chi connectivity index (χ2n) is 5.84. The van der Waals surface area contributed by atoms with E-state index < -0.39 is 15.9 Å². The number of rotatable bonds is 6. The van der Waals surface area contributed by atoms with Crippen molar-refractivity contribution < 1.29 is 18.3 Å². The molecular formula is C14H23NO4S. The number of sulfone groups is 1. The number of nitrogens with one attached hydrogen (secondary N) is 1. The van der Waals surface area contributed by atoms with Crippen LogP contribution in [0.25, 0.3) is 0 Å². The molecule has 0 bridgehead atoms. The zero-order valence-electron chi connectivity index (χ0n) is 12.4. The highest BCUT2D eigenvalue weighted by Gasteiger charge is 2.13. The van der Waals surface area contributed by atoms with Crippen LogP contribution in [0.4, 0.5) is 0 Å². The third-order valence-electron chi connectivity index (χ3n) is 2.56. The highest BCUT2D eigenvalue weighted by Crippen LogP contribution is 2.15. The van der Waals surface area contributed by atoms with Crippen LogP contribution in [0.1, 0.15) is 20.8 Å². The van der Waals surface area contributed by atoms with Gasteiger partial charge in [-0.05, 0) is 45.0 Å². The minimum absolute atomic E-state index is 0.0574. The summed E-state index contributed by atoms with van der Waals surface area (Å²) in [6, 6.07) is 6.15. The van der Waals surface area contributed by atoms with Crippen molar-refractivity contribution >= 4 is 9.84 Å². The first-order chi connectivity index (χ1) is 9.08. The number of benzene rings is 1. The monoisotopic (exact) mass is 301 g/mol. The predicted molar refractivity (Wildman–Crippen MR) is 78.8 cm³/mol. The molecule has 0 aliphatic rings. The van der Waals surface area contributed by atoms with Crippen LogP contribution in [0.3, 0.4) is 0 Å². The van der Waals surface area contributed by atoms with Gasteiger partial charge in [0.2, 0.25) is 0 Å². The van der Waals surface area contributed by atoms with Crippen LogP contribution in [0, 0.1) is 0 Å². The molecule has 1 atom stereocenters. The number of β-amino-alcohol motifs (C(OH)–C–C–N with tert-alkyl or cyclic N) is 1. The van der Waals surface area contributed by atoms with E-state index in [0.717, 1.165) is 6.26 Å². The van der Waals surface area contributed by atoms with Crippen molar-refractivity contribution in [3.63, 3.8) is 0 Å². The molecule has 0 aliphatic carbocycles. The highest BCUT2D eigenvalue weighted by molar-refractivity contribution is 7.90. The average molecular weight is 301 g/mol. The van der Waals surface area contributed by atoms with Crippen molar-refractivity contribution in [3.05, 3.63) is 24.3 Å². The fourth-order valence-electron chi connectivity index (χ4n) is 1.46. The second-order valence-corrected chi connectivity index (χ2v) is 7.86. The normalized spacial score (nSPS) is 14.1. The van der Waals surface area contributed by atoms with Gasteiger partial charge in [0.25, 0.3) is 0 Å². The van der Waals surface area contributed by atoms with E-state index in [1.165, 1.54) is 12.1 Å². The summed E-state index contributed by atoms with van der Waals surface area (Å²) in [6.07, 6.45) is 0.536. The van der Waals surface area contributed by atoms with Crippen LogP contribution < -0.4 is 10.1 Å². The van der Waals surface area contributed by atoms with Crippen molar-refractivity contribution in [1.29, 1.82) is 0 Å². The maximum Gasteiger partial charge on any atom is 0.175 e. The summed E-state index contributed by atoms with van der Waals surface area (Å²) in [5.41, 5.74) is -0.0574. The molecule has 0 saturated heterocycles. The van der Waals surface area contributed by atoms with Gasteiger partial charge in [0, 0.05) is 18.3 Å². The topological polar surface area (TPSA) is 75.6 Å². The van der Waals surface area contributed by atoms with E-state index in [0.29, 0.717) is 12.3 Å². The molecule has 114 valence electrons. The lowest BCUT2D eigenvalue weighted by Gasteiger charge is -2.22. The van der Waals surface area contributed by atoms with Crippen molar-refractivity contribution in [3.8, 4) is 5.75 Å². The molecule has 0 radical (unpaired) electrons. The van der Waals surface area contributed by atoms with Gasteiger partial charge in [0.05, 0.1) is 4.90 Å². The summed E-state index contributed by atoms with van der Waals surface area (Å²) in [5, 5.41) is 13.0.